The standard InChI is InChI=1S/C16H21N5O2S/c1-11-5-4-6-14(7-11)21-16(17-18-19-21)24-10-15(22)20-8-12(2)23-13(3)9-20/h4-7,12-13H,8-10H2,1-3H3/t12-,13-/m0/s1. The summed E-state index contributed by atoms with van der Waals surface area (Å²) in [7, 11) is 0. The molecule has 1 aliphatic rings. The van der Waals surface area contributed by atoms with E-state index in [0.29, 0.717) is 24.0 Å². The molecule has 1 fully saturated rings. The van der Waals surface area contributed by atoms with Crippen LogP contribution in [0.5, 0.6) is 0 Å². The number of tetrazole rings is 1. The maximum Gasteiger partial charge on any atom is 0.233 e. The van der Waals surface area contributed by atoms with Crippen molar-refractivity contribution in [3.63, 3.8) is 0 Å². The highest BCUT2D eigenvalue weighted by molar-refractivity contribution is 7.99. The quantitative estimate of drug-likeness (QED) is 0.784. The van der Waals surface area contributed by atoms with Gasteiger partial charge in [0.2, 0.25) is 11.1 Å². The molecule has 0 spiro atoms. The predicted octanol–water partition coefficient (Wildman–Crippen LogP) is 1.70. The Kier molecular flexibility index (Phi) is 5.15. The van der Waals surface area contributed by atoms with Crippen LogP contribution in [0.1, 0.15) is 19.4 Å². The lowest BCUT2D eigenvalue weighted by molar-refractivity contribution is -0.140. The zero-order valence-corrected chi connectivity index (χ0v) is 14.9. The van der Waals surface area contributed by atoms with Crippen molar-refractivity contribution >= 4 is 17.7 Å². The van der Waals surface area contributed by atoms with Crippen LogP contribution in [0.25, 0.3) is 5.69 Å². The van der Waals surface area contributed by atoms with E-state index in [0.717, 1.165) is 11.3 Å². The summed E-state index contributed by atoms with van der Waals surface area (Å²) in [5.74, 6) is 0.395. The van der Waals surface area contributed by atoms with Gasteiger partial charge in [-0.2, -0.15) is 4.68 Å². The van der Waals surface area contributed by atoms with Gasteiger partial charge in [-0.05, 0) is 48.9 Å². The fourth-order valence-electron chi connectivity index (χ4n) is 2.79. The van der Waals surface area contributed by atoms with Crippen LogP contribution < -0.4 is 0 Å². The minimum absolute atomic E-state index is 0.0697. The fourth-order valence-corrected chi connectivity index (χ4v) is 3.58. The summed E-state index contributed by atoms with van der Waals surface area (Å²) >= 11 is 1.35. The summed E-state index contributed by atoms with van der Waals surface area (Å²) in [5.41, 5.74) is 2.02. The maximum atomic E-state index is 12.5. The minimum atomic E-state index is 0.0697. The van der Waals surface area contributed by atoms with Gasteiger partial charge in [0.05, 0.1) is 23.6 Å². The molecule has 0 N–H and O–H groups in total. The third-order valence-electron chi connectivity index (χ3n) is 3.78. The number of ether oxygens (including phenoxy) is 1. The van der Waals surface area contributed by atoms with Gasteiger partial charge in [0.1, 0.15) is 0 Å². The molecule has 3 rings (SSSR count). The topological polar surface area (TPSA) is 73.1 Å². The Hall–Kier alpha value is -1.93. The Labute approximate surface area is 145 Å². The number of aromatic nitrogens is 4. The number of carbonyl (C=O) groups is 1. The van der Waals surface area contributed by atoms with Gasteiger partial charge in [-0.3, -0.25) is 4.79 Å². The van der Waals surface area contributed by atoms with Crippen LogP contribution in [0.2, 0.25) is 0 Å². The van der Waals surface area contributed by atoms with Crippen molar-refractivity contribution in [3.05, 3.63) is 29.8 Å². The van der Waals surface area contributed by atoms with Crippen LogP contribution in [0.4, 0.5) is 0 Å². The number of hydrogen-bond acceptors (Lipinski definition) is 6. The first-order chi connectivity index (χ1) is 11.5. The van der Waals surface area contributed by atoms with Crippen LogP contribution in [0.15, 0.2) is 29.4 Å². The normalized spacial score (nSPS) is 21.0. The van der Waals surface area contributed by atoms with Crippen LogP contribution in [0, 0.1) is 6.92 Å². The second-order valence-corrected chi connectivity index (χ2v) is 7.00. The molecular weight excluding hydrogens is 326 g/mol. The Morgan fingerprint density at radius 1 is 1.33 bits per heavy atom. The molecule has 1 amide bonds. The van der Waals surface area contributed by atoms with E-state index in [2.05, 4.69) is 15.5 Å². The molecular formula is C16H21N5O2S. The predicted molar refractivity (Wildman–Crippen MR) is 91.2 cm³/mol. The van der Waals surface area contributed by atoms with Crippen molar-refractivity contribution in [2.75, 3.05) is 18.8 Å². The zero-order valence-electron chi connectivity index (χ0n) is 14.0. The maximum absolute atomic E-state index is 12.5. The number of hydrogen-bond donors (Lipinski definition) is 0. The molecule has 0 bridgehead atoms. The van der Waals surface area contributed by atoms with Gasteiger partial charge in [-0.15, -0.1) is 5.10 Å². The lowest BCUT2D eigenvalue weighted by Gasteiger charge is -2.35. The minimum Gasteiger partial charge on any atom is -0.372 e. The van der Waals surface area contributed by atoms with Crippen molar-refractivity contribution in [2.45, 2.75) is 38.1 Å². The lowest BCUT2D eigenvalue weighted by Crippen LogP contribution is -2.48. The van der Waals surface area contributed by atoms with Crippen LogP contribution in [0.3, 0.4) is 0 Å². The van der Waals surface area contributed by atoms with Crippen molar-refractivity contribution in [2.24, 2.45) is 0 Å². The molecule has 1 aromatic heterocycles. The molecule has 2 atom stereocenters. The average Bonchev–Trinajstić information content (AvgIpc) is 3.00. The van der Waals surface area contributed by atoms with Gasteiger partial charge in [0.25, 0.3) is 0 Å². The summed E-state index contributed by atoms with van der Waals surface area (Å²) < 4.78 is 7.33. The molecule has 2 aromatic rings. The highest BCUT2D eigenvalue weighted by Gasteiger charge is 2.26. The van der Waals surface area contributed by atoms with Gasteiger partial charge in [0.15, 0.2) is 0 Å². The Morgan fingerprint density at radius 3 is 2.79 bits per heavy atom. The Bertz CT molecular complexity index is 710. The zero-order chi connectivity index (χ0) is 17.1. The number of morpholine rings is 1. The fraction of sp³-hybridized carbons (Fsp3) is 0.500. The first-order valence-electron chi connectivity index (χ1n) is 7.94. The van der Waals surface area contributed by atoms with E-state index < -0.39 is 0 Å². The molecule has 2 heterocycles. The third-order valence-corrected chi connectivity index (χ3v) is 4.69. The average molecular weight is 347 g/mol. The van der Waals surface area contributed by atoms with E-state index in [1.54, 1.807) is 4.68 Å². The number of thioether (sulfide) groups is 1. The third kappa shape index (κ3) is 3.93. The Balaban J connectivity index is 1.65. The number of aryl methyl sites for hydroxylation is 1. The van der Waals surface area contributed by atoms with Gasteiger partial charge >= 0.3 is 0 Å². The molecule has 24 heavy (non-hydrogen) atoms. The second kappa shape index (κ2) is 7.31. The largest absolute Gasteiger partial charge is 0.372 e. The highest BCUT2D eigenvalue weighted by Crippen LogP contribution is 2.20. The number of amides is 1. The van der Waals surface area contributed by atoms with E-state index in [4.69, 9.17) is 4.74 Å². The van der Waals surface area contributed by atoms with Crippen LogP contribution in [-0.4, -0.2) is 62.1 Å². The summed E-state index contributed by atoms with van der Waals surface area (Å²) in [6, 6.07) is 7.93. The lowest BCUT2D eigenvalue weighted by atomic mass is 10.2. The van der Waals surface area contributed by atoms with Gasteiger partial charge in [-0.1, -0.05) is 23.9 Å². The highest BCUT2D eigenvalue weighted by atomic mass is 32.2. The van der Waals surface area contributed by atoms with Crippen molar-refractivity contribution < 1.29 is 9.53 Å². The SMILES string of the molecule is Cc1cccc(-n2nnnc2SCC(=O)N2C[C@H](C)O[C@@H](C)C2)c1. The molecule has 1 aromatic carbocycles. The smallest absolute Gasteiger partial charge is 0.233 e. The Morgan fingerprint density at radius 2 is 2.08 bits per heavy atom. The number of carbonyl (C=O) groups excluding carboxylic acids is 1. The molecule has 1 aliphatic heterocycles. The molecule has 0 unspecified atom stereocenters. The van der Waals surface area contributed by atoms with E-state index in [9.17, 15) is 4.79 Å². The summed E-state index contributed by atoms with van der Waals surface area (Å²) in [4.78, 5) is 14.3. The van der Waals surface area contributed by atoms with Crippen molar-refractivity contribution in [3.8, 4) is 5.69 Å². The van der Waals surface area contributed by atoms with Gasteiger partial charge < -0.3 is 9.64 Å². The molecule has 8 heteroatoms. The molecule has 0 radical (unpaired) electrons. The summed E-state index contributed by atoms with van der Waals surface area (Å²) in [6.07, 6.45) is 0.139. The van der Waals surface area contributed by atoms with Crippen molar-refractivity contribution in [1.29, 1.82) is 0 Å². The van der Waals surface area contributed by atoms with E-state index in [1.165, 1.54) is 11.8 Å². The first-order valence-corrected chi connectivity index (χ1v) is 8.93. The number of rotatable bonds is 4. The second-order valence-electron chi connectivity index (χ2n) is 6.06. The van der Waals surface area contributed by atoms with Crippen molar-refractivity contribution in [1.82, 2.24) is 25.1 Å². The summed E-state index contributed by atoms with van der Waals surface area (Å²) in [6.45, 7) is 7.26. The van der Waals surface area contributed by atoms with E-state index >= 15 is 0 Å². The van der Waals surface area contributed by atoms with E-state index in [1.807, 2.05) is 49.9 Å². The van der Waals surface area contributed by atoms with E-state index in [-0.39, 0.29) is 18.1 Å². The first kappa shape index (κ1) is 16.9. The number of benzene rings is 1. The van der Waals surface area contributed by atoms with Crippen LogP contribution in [-0.2, 0) is 9.53 Å². The van der Waals surface area contributed by atoms with Gasteiger partial charge in [0, 0.05) is 13.1 Å². The molecule has 7 nitrogen and oxygen atoms in total. The van der Waals surface area contributed by atoms with Gasteiger partial charge in [-0.25, -0.2) is 0 Å². The molecule has 0 aliphatic carbocycles. The summed E-state index contributed by atoms with van der Waals surface area (Å²) in [5, 5.41) is 12.4. The number of nitrogens with zero attached hydrogens (tertiary/aromatic N) is 5. The molecule has 0 saturated carbocycles. The van der Waals surface area contributed by atoms with Crippen LogP contribution >= 0.6 is 11.8 Å². The monoisotopic (exact) mass is 347 g/mol. The molecule has 128 valence electrons. The molecule has 1 saturated heterocycles.